The molecule has 27 heavy (non-hydrogen) atoms. The number of aromatic nitrogens is 2. The second kappa shape index (κ2) is 8.64. The third-order valence-electron chi connectivity index (χ3n) is 3.99. The maximum Gasteiger partial charge on any atom is 0.267 e. The first-order chi connectivity index (χ1) is 13.0. The van der Waals surface area contributed by atoms with Crippen LogP contribution in [0.2, 0.25) is 0 Å². The molecule has 2 aromatic heterocycles. The highest BCUT2D eigenvalue weighted by Gasteiger charge is 2.29. The van der Waals surface area contributed by atoms with Gasteiger partial charge in [-0.25, -0.2) is 4.98 Å². The number of rotatable bonds is 7. The molecule has 1 aliphatic rings. The van der Waals surface area contributed by atoms with Gasteiger partial charge >= 0.3 is 0 Å². The number of nitrogens with zero attached hydrogens (tertiary/aromatic N) is 3. The van der Waals surface area contributed by atoms with E-state index in [1.165, 1.54) is 21.1 Å². The average molecular weight is 405 g/mol. The molecule has 2 aromatic rings. The molecule has 0 atom stereocenters. The van der Waals surface area contributed by atoms with Gasteiger partial charge in [-0.05, 0) is 31.6 Å². The van der Waals surface area contributed by atoms with Gasteiger partial charge in [0, 0.05) is 33.0 Å². The number of thioether (sulfide) groups is 1. The molecule has 9 heteroatoms. The minimum Gasteiger partial charge on any atom is -0.382 e. The highest BCUT2D eigenvalue weighted by Crippen LogP contribution is 2.31. The van der Waals surface area contributed by atoms with Crippen LogP contribution in [-0.2, 0) is 9.53 Å². The van der Waals surface area contributed by atoms with Crippen LogP contribution in [0.5, 0.6) is 0 Å². The van der Waals surface area contributed by atoms with Crippen molar-refractivity contribution in [1.29, 1.82) is 0 Å². The summed E-state index contributed by atoms with van der Waals surface area (Å²) >= 11 is 6.34. The van der Waals surface area contributed by atoms with E-state index in [4.69, 9.17) is 17.0 Å². The van der Waals surface area contributed by atoms with Crippen molar-refractivity contribution in [2.24, 2.45) is 0 Å². The Kier molecular flexibility index (Phi) is 6.25. The first-order valence-corrected chi connectivity index (χ1v) is 9.80. The minimum absolute atomic E-state index is 0.218. The summed E-state index contributed by atoms with van der Waals surface area (Å²) in [6, 6.07) is 5.35. The van der Waals surface area contributed by atoms with Crippen molar-refractivity contribution in [2.75, 3.05) is 32.1 Å². The quantitative estimate of drug-likeness (QED) is 0.431. The van der Waals surface area contributed by atoms with Gasteiger partial charge in [0.2, 0.25) is 0 Å². The average Bonchev–Trinajstić information content (AvgIpc) is 2.91. The maximum atomic E-state index is 13.0. The van der Waals surface area contributed by atoms with E-state index in [9.17, 15) is 9.59 Å². The standard InChI is InChI=1S/C18H20N4O3S2/c1-3-25-10-6-8-19-15-12(11-13-17(24)21(2)18(26)27-13)16(23)22-9-5-4-7-14(22)20-15/h4-5,7,9,11,19H,3,6,8,10H2,1-2H3/b13-11-. The second-order valence-corrected chi connectivity index (χ2v) is 7.50. The van der Waals surface area contributed by atoms with Crippen molar-refractivity contribution in [2.45, 2.75) is 13.3 Å². The number of likely N-dealkylation sites (N-methyl/N-ethyl adjacent to an activating group) is 1. The van der Waals surface area contributed by atoms with Crippen molar-refractivity contribution in [3.8, 4) is 0 Å². The number of ether oxygens (including phenoxy) is 1. The lowest BCUT2D eigenvalue weighted by Crippen LogP contribution is -2.23. The summed E-state index contributed by atoms with van der Waals surface area (Å²) in [4.78, 5) is 31.7. The third kappa shape index (κ3) is 4.20. The zero-order valence-corrected chi connectivity index (χ0v) is 16.7. The van der Waals surface area contributed by atoms with E-state index < -0.39 is 0 Å². The van der Waals surface area contributed by atoms with Crippen molar-refractivity contribution < 1.29 is 9.53 Å². The molecule has 0 saturated carbocycles. The van der Waals surface area contributed by atoms with E-state index in [2.05, 4.69) is 10.3 Å². The number of anilines is 1. The number of hydrogen-bond donors (Lipinski definition) is 1. The van der Waals surface area contributed by atoms with Crippen LogP contribution in [0.4, 0.5) is 5.82 Å². The van der Waals surface area contributed by atoms with Gasteiger partial charge in [0.25, 0.3) is 11.5 Å². The molecule has 7 nitrogen and oxygen atoms in total. The first-order valence-electron chi connectivity index (χ1n) is 8.57. The predicted octanol–water partition coefficient (Wildman–Crippen LogP) is 2.36. The van der Waals surface area contributed by atoms with Gasteiger partial charge in [-0.2, -0.15) is 0 Å². The molecule has 142 valence electrons. The largest absolute Gasteiger partial charge is 0.382 e. The van der Waals surface area contributed by atoms with E-state index in [-0.39, 0.29) is 11.5 Å². The van der Waals surface area contributed by atoms with Crippen LogP contribution in [0, 0.1) is 0 Å². The molecule has 0 radical (unpaired) electrons. The summed E-state index contributed by atoms with van der Waals surface area (Å²) in [5.74, 6) is 0.230. The van der Waals surface area contributed by atoms with Crippen molar-refractivity contribution in [1.82, 2.24) is 14.3 Å². The summed E-state index contributed by atoms with van der Waals surface area (Å²) in [6.45, 7) is 3.84. The van der Waals surface area contributed by atoms with E-state index in [0.717, 1.165) is 6.42 Å². The number of pyridine rings is 1. The molecule has 0 bridgehead atoms. The molecule has 0 unspecified atom stereocenters. The monoisotopic (exact) mass is 404 g/mol. The Labute approximate surface area is 166 Å². The Bertz CT molecular complexity index is 971. The van der Waals surface area contributed by atoms with E-state index in [0.29, 0.717) is 46.0 Å². The molecule has 1 amide bonds. The number of amides is 1. The van der Waals surface area contributed by atoms with Gasteiger partial charge in [0.15, 0.2) is 0 Å². The SMILES string of the molecule is CCOCCCNc1nc2ccccn2c(=O)c1/C=C1\SC(=S)N(C)C1=O. The van der Waals surface area contributed by atoms with Crippen LogP contribution in [0.1, 0.15) is 18.9 Å². The molecule has 3 rings (SSSR count). The fourth-order valence-electron chi connectivity index (χ4n) is 2.57. The summed E-state index contributed by atoms with van der Waals surface area (Å²) in [6.07, 6.45) is 4.01. The van der Waals surface area contributed by atoms with Crippen LogP contribution in [0.25, 0.3) is 11.7 Å². The lowest BCUT2D eigenvalue weighted by Gasteiger charge is -2.11. The molecule has 3 heterocycles. The van der Waals surface area contributed by atoms with E-state index in [1.807, 2.05) is 13.0 Å². The Balaban J connectivity index is 1.99. The summed E-state index contributed by atoms with van der Waals surface area (Å²) in [5.41, 5.74) is 0.633. The molecule has 0 spiro atoms. The van der Waals surface area contributed by atoms with Crippen molar-refractivity contribution in [3.05, 3.63) is 45.2 Å². The fraction of sp³-hybridized carbons (Fsp3) is 0.333. The Hall–Kier alpha value is -2.23. The number of fused-ring (bicyclic) bond motifs is 1. The first kappa shape index (κ1) is 19.5. The Morgan fingerprint density at radius 1 is 1.37 bits per heavy atom. The van der Waals surface area contributed by atoms with Crippen LogP contribution >= 0.6 is 24.0 Å². The van der Waals surface area contributed by atoms with Gasteiger partial charge in [-0.3, -0.25) is 18.9 Å². The van der Waals surface area contributed by atoms with Gasteiger partial charge in [-0.1, -0.05) is 30.0 Å². The zero-order chi connectivity index (χ0) is 19.4. The lowest BCUT2D eigenvalue weighted by atomic mass is 10.2. The van der Waals surface area contributed by atoms with Crippen LogP contribution in [0.15, 0.2) is 34.1 Å². The molecule has 0 aromatic carbocycles. The van der Waals surface area contributed by atoms with E-state index in [1.54, 1.807) is 31.5 Å². The minimum atomic E-state index is -0.241. The third-order valence-corrected chi connectivity index (χ3v) is 5.48. The van der Waals surface area contributed by atoms with Crippen molar-refractivity contribution in [3.63, 3.8) is 0 Å². The fourth-order valence-corrected chi connectivity index (χ4v) is 3.73. The molecule has 1 N–H and O–H groups in total. The Morgan fingerprint density at radius 2 is 2.19 bits per heavy atom. The van der Waals surface area contributed by atoms with Crippen molar-refractivity contribution >= 4 is 51.7 Å². The van der Waals surface area contributed by atoms with Gasteiger partial charge < -0.3 is 10.1 Å². The molecule has 1 aliphatic heterocycles. The molecular weight excluding hydrogens is 384 g/mol. The lowest BCUT2D eigenvalue weighted by molar-refractivity contribution is -0.121. The number of hydrogen-bond acceptors (Lipinski definition) is 7. The highest BCUT2D eigenvalue weighted by molar-refractivity contribution is 8.26. The number of carbonyl (C=O) groups is 1. The van der Waals surface area contributed by atoms with E-state index >= 15 is 0 Å². The van der Waals surface area contributed by atoms with Crippen LogP contribution in [-0.4, -0.2) is 51.3 Å². The van der Waals surface area contributed by atoms with Gasteiger partial charge in [-0.15, -0.1) is 0 Å². The smallest absolute Gasteiger partial charge is 0.267 e. The molecular formula is C18H20N4O3S2. The van der Waals surface area contributed by atoms with Gasteiger partial charge in [0.1, 0.15) is 15.8 Å². The normalized spacial score (nSPS) is 15.9. The number of nitrogens with one attached hydrogen (secondary N) is 1. The zero-order valence-electron chi connectivity index (χ0n) is 15.1. The predicted molar refractivity (Wildman–Crippen MR) is 112 cm³/mol. The van der Waals surface area contributed by atoms with Crippen LogP contribution < -0.4 is 10.9 Å². The highest BCUT2D eigenvalue weighted by atomic mass is 32.2. The number of carbonyl (C=O) groups excluding carboxylic acids is 1. The van der Waals surface area contributed by atoms with Gasteiger partial charge in [0.05, 0.1) is 10.5 Å². The van der Waals surface area contributed by atoms with Crippen LogP contribution in [0.3, 0.4) is 0 Å². The summed E-state index contributed by atoms with van der Waals surface area (Å²) < 4.78 is 7.26. The molecule has 0 aliphatic carbocycles. The molecule has 1 fully saturated rings. The second-order valence-electron chi connectivity index (χ2n) is 5.83. The Morgan fingerprint density at radius 3 is 2.89 bits per heavy atom. The summed E-state index contributed by atoms with van der Waals surface area (Å²) in [7, 11) is 1.62. The maximum absolute atomic E-state index is 13.0. The number of thiocarbonyl (C=S) groups is 1. The topological polar surface area (TPSA) is 75.9 Å². The summed E-state index contributed by atoms with van der Waals surface area (Å²) in [5, 5.41) is 3.20. The molecule has 1 saturated heterocycles.